The van der Waals surface area contributed by atoms with Crippen LogP contribution in [0, 0.1) is 0 Å². The summed E-state index contributed by atoms with van der Waals surface area (Å²) >= 11 is 0. The van der Waals surface area contributed by atoms with Crippen LogP contribution in [0.5, 0.6) is 0 Å². The van der Waals surface area contributed by atoms with Gasteiger partial charge >= 0.3 is 0 Å². The van der Waals surface area contributed by atoms with Gasteiger partial charge in [-0.2, -0.15) is 0 Å². The minimum atomic E-state index is 0.0235. The third kappa shape index (κ3) is 5.30. The number of carbonyl (C=O) groups excluding carboxylic acids is 1. The fourth-order valence-electron chi connectivity index (χ4n) is 1.68. The van der Waals surface area contributed by atoms with E-state index in [4.69, 9.17) is 4.74 Å². The first-order chi connectivity index (χ1) is 9.04. The van der Waals surface area contributed by atoms with Crippen LogP contribution in [0.1, 0.15) is 31.1 Å². The Morgan fingerprint density at radius 2 is 1.95 bits per heavy atom. The number of likely N-dealkylation sites (N-methyl/N-ethyl adjacent to an activating group) is 1. The molecule has 0 aliphatic heterocycles. The lowest BCUT2D eigenvalue weighted by Gasteiger charge is -2.18. The third-order valence-corrected chi connectivity index (χ3v) is 2.74. The monoisotopic (exact) mass is 264 g/mol. The quantitative estimate of drug-likeness (QED) is 0.823. The third-order valence-electron chi connectivity index (χ3n) is 2.74. The summed E-state index contributed by atoms with van der Waals surface area (Å²) < 4.78 is 5.45. The lowest BCUT2D eigenvalue weighted by molar-refractivity contribution is 0.0532. The molecule has 0 saturated carbocycles. The summed E-state index contributed by atoms with van der Waals surface area (Å²) in [6, 6.07) is 7.55. The average molecular weight is 264 g/mol. The first-order valence-electron chi connectivity index (χ1n) is 6.75. The highest BCUT2D eigenvalue weighted by molar-refractivity contribution is 5.94. The standard InChI is InChI=1S/C15H24N2O2/c1-5-16-14-8-6-13(7-9-14)15(18)17(4)10-11-19-12(2)3/h6-9,12,16H,5,10-11H2,1-4H3. The SMILES string of the molecule is CCNc1ccc(C(=O)N(C)CCOC(C)C)cc1. The predicted octanol–water partition coefficient (Wildman–Crippen LogP) is 2.62. The van der Waals surface area contributed by atoms with Crippen LogP contribution in [0.15, 0.2) is 24.3 Å². The second kappa shape index (κ2) is 7.79. The van der Waals surface area contributed by atoms with E-state index in [1.54, 1.807) is 11.9 Å². The molecule has 1 N–H and O–H groups in total. The van der Waals surface area contributed by atoms with Crippen molar-refractivity contribution >= 4 is 11.6 Å². The Hall–Kier alpha value is -1.55. The van der Waals surface area contributed by atoms with E-state index in [0.717, 1.165) is 12.2 Å². The van der Waals surface area contributed by atoms with E-state index in [1.165, 1.54) is 0 Å². The van der Waals surface area contributed by atoms with E-state index >= 15 is 0 Å². The van der Waals surface area contributed by atoms with E-state index in [0.29, 0.717) is 18.7 Å². The fraction of sp³-hybridized carbons (Fsp3) is 0.533. The Balaban J connectivity index is 2.51. The van der Waals surface area contributed by atoms with Crippen molar-refractivity contribution < 1.29 is 9.53 Å². The highest BCUT2D eigenvalue weighted by Gasteiger charge is 2.11. The van der Waals surface area contributed by atoms with Crippen LogP contribution in [0.4, 0.5) is 5.69 Å². The maximum Gasteiger partial charge on any atom is 0.253 e. The molecule has 0 bridgehead atoms. The fourth-order valence-corrected chi connectivity index (χ4v) is 1.68. The summed E-state index contributed by atoms with van der Waals surface area (Å²) in [5.41, 5.74) is 1.73. The molecule has 19 heavy (non-hydrogen) atoms. The molecule has 0 aromatic heterocycles. The summed E-state index contributed by atoms with van der Waals surface area (Å²) in [6.45, 7) is 8.06. The number of carbonyl (C=O) groups is 1. The molecular formula is C15H24N2O2. The summed E-state index contributed by atoms with van der Waals surface area (Å²) in [7, 11) is 1.80. The van der Waals surface area contributed by atoms with Crippen molar-refractivity contribution in [2.24, 2.45) is 0 Å². The number of hydrogen-bond donors (Lipinski definition) is 1. The van der Waals surface area contributed by atoms with Crippen LogP contribution in [0.25, 0.3) is 0 Å². The Labute approximate surface area is 115 Å². The Bertz CT molecular complexity index is 388. The Morgan fingerprint density at radius 3 is 2.47 bits per heavy atom. The molecule has 1 amide bonds. The summed E-state index contributed by atoms with van der Waals surface area (Å²) in [5.74, 6) is 0.0235. The maximum atomic E-state index is 12.1. The number of nitrogens with one attached hydrogen (secondary N) is 1. The van der Waals surface area contributed by atoms with Gasteiger partial charge in [0.05, 0.1) is 12.7 Å². The van der Waals surface area contributed by atoms with Gasteiger partial charge in [-0.15, -0.1) is 0 Å². The summed E-state index contributed by atoms with van der Waals surface area (Å²) in [5, 5.41) is 3.20. The van der Waals surface area contributed by atoms with Crippen molar-refractivity contribution in [2.75, 3.05) is 32.1 Å². The van der Waals surface area contributed by atoms with Crippen molar-refractivity contribution in [3.8, 4) is 0 Å². The number of nitrogens with zero attached hydrogens (tertiary/aromatic N) is 1. The molecule has 1 rings (SSSR count). The molecule has 0 atom stereocenters. The second-order valence-corrected chi connectivity index (χ2v) is 4.75. The van der Waals surface area contributed by atoms with Crippen LogP contribution in [0.3, 0.4) is 0 Å². The summed E-state index contributed by atoms with van der Waals surface area (Å²) in [4.78, 5) is 13.8. The zero-order valence-corrected chi connectivity index (χ0v) is 12.3. The molecule has 0 unspecified atom stereocenters. The maximum absolute atomic E-state index is 12.1. The molecule has 1 aromatic rings. The Kier molecular flexibility index (Phi) is 6.36. The zero-order chi connectivity index (χ0) is 14.3. The molecule has 0 radical (unpaired) electrons. The van der Waals surface area contributed by atoms with Crippen LogP contribution in [0.2, 0.25) is 0 Å². The van der Waals surface area contributed by atoms with E-state index < -0.39 is 0 Å². The number of anilines is 1. The number of ether oxygens (including phenoxy) is 1. The largest absolute Gasteiger partial charge is 0.385 e. The van der Waals surface area contributed by atoms with Crippen molar-refractivity contribution in [1.82, 2.24) is 4.90 Å². The van der Waals surface area contributed by atoms with Crippen molar-refractivity contribution in [3.05, 3.63) is 29.8 Å². The minimum Gasteiger partial charge on any atom is -0.385 e. The van der Waals surface area contributed by atoms with Crippen LogP contribution in [-0.4, -0.2) is 43.7 Å². The molecule has 0 fully saturated rings. The van der Waals surface area contributed by atoms with Crippen LogP contribution >= 0.6 is 0 Å². The number of rotatable bonds is 7. The van der Waals surface area contributed by atoms with Gasteiger partial charge in [0.25, 0.3) is 5.91 Å². The molecule has 4 nitrogen and oxygen atoms in total. The van der Waals surface area contributed by atoms with Gasteiger partial charge in [-0.1, -0.05) is 0 Å². The van der Waals surface area contributed by atoms with Crippen molar-refractivity contribution in [2.45, 2.75) is 26.9 Å². The molecule has 106 valence electrons. The molecule has 0 aliphatic rings. The van der Waals surface area contributed by atoms with Crippen molar-refractivity contribution in [3.63, 3.8) is 0 Å². The Morgan fingerprint density at radius 1 is 1.32 bits per heavy atom. The normalized spacial score (nSPS) is 10.6. The van der Waals surface area contributed by atoms with Gasteiger partial charge in [0, 0.05) is 31.4 Å². The molecular weight excluding hydrogens is 240 g/mol. The highest BCUT2D eigenvalue weighted by atomic mass is 16.5. The lowest BCUT2D eigenvalue weighted by atomic mass is 10.2. The van der Waals surface area contributed by atoms with Gasteiger partial charge in [0.15, 0.2) is 0 Å². The molecule has 0 aliphatic carbocycles. The van der Waals surface area contributed by atoms with Gasteiger partial charge in [0.1, 0.15) is 0 Å². The molecule has 0 spiro atoms. The smallest absolute Gasteiger partial charge is 0.253 e. The van der Waals surface area contributed by atoms with Gasteiger partial charge < -0.3 is 15.0 Å². The number of hydrogen-bond acceptors (Lipinski definition) is 3. The molecule has 1 aromatic carbocycles. The highest BCUT2D eigenvalue weighted by Crippen LogP contribution is 2.10. The number of benzene rings is 1. The molecule has 0 heterocycles. The zero-order valence-electron chi connectivity index (χ0n) is 12.3. The van der Waals surface area contributed by atoms with Crippen LogP contribution in [-0.2, 0) is 4.74 Å². The van der Waals surface area contributed by atoms with E-state index in [9.17, 15) is 4.79 Å². The van der Waals surface area contributed by atoms with E-state index in [1.807, 2.05) is 45.0 Å². The topological polar surface area (TPSA) is 41.6 Å². The van der Waals surface area contributed by atoms with Gasteiger partial charge in [0.2, 0.25) is 0 Å². The molecule has 0 saturated heterocycles. The summed E-state index contributed by atoms with van der Waals surface area (Å²) in [6.07, 6.45) is 0.197. The molecule has 4 heteroatoms. The average Bonchev–Trinajstić information content (AvgIpc) is 2.38. The first-order valence-corrected chi connectivity index (χ1v) is 6.75. The first kappa shape index (κ1) is 15.5. The number of amides is 1. The van der Waals surface area contributed by atoms with Gasteiger partial charge in [-0.05, 0) is 45.0 Å². The van der Waals surface area contributed by atoms with E-state index in [-0.39, 0.29) is 12.0 Å². The second-order valence-electron chi connectivity index (χ2n) is 4.75. The van der Waals surface area contributed by atoms with Gasteiger partial charge in [-0.25, -0.2) is 0 Å². The van der Waals surface area contributed by atoms with Gasteiger partial charge in [-0.3, -0.25) is 4.79 Å². The van der Waals surface area contributed by atoms with Crippen molar-refractivity contribution in [1.29, 1.82) is 0 Å². The van der Waals surface area contributed by atoms with Crippen LogP contribution < -0.4 is 5.32 Å². The lowest BCUT2D eigenvalue weighted by Crippen LogP contribution is -2.30. The minimum absolute atomic E-state index is 0.0235. The van der Waals surface area contributed by atoms with E-state index in [2.05, 4.69) is 5.32 Å². The predicted molar refractivity (Wildman–Crippen MR) is 78.7 cm³/mol.